The lowest BCUT2D eigenvalue weighted by Crippen LogP contribution is -2.39. The van der Waals surface area contributed by atoms with E-state index < -0.39 is 0 Å². The van der Waals surface area contributed by atoms with Crippen LogP contribution in [-0.2, 0) is 5.41 Å². The number of guanidine groups is 1. The summed E-state index contributed by atoms with van der Waals surface area (Å²) in [6.45, 7) is 0.594. The number of halogens is 2. The molecule has 1 saturated carbocycles. The van der Waals surface area contributed by atoms with Crippen LogP contribution in [0.15, 0.2) is 23.2 Å². The monoisotopic (exact) mass is 271 g/mol. The van der Waals surface area contributed by atoms with Crippen LogP contribution in [0.4, 0.5) is 0 Å². The maximum absolute atomic E-state index is 6.25. The molecule has 0 aliphatic heterocycles. The summed E-state index contributed by atoms with van der Waals surface area (Å²) in [6, 6.07) is 5.61. The van der Waals surface area contributed by atoms with Gasteiger partial charge in [-0.1, -0.05) is 35.7 Å². The summed E-state index contributed by atoms with van der Waals surface area (Å²) in [4.78, 5) is 4.14. The number of benzene rings is 1. The second kappa shape index (κ2) is 4.75. The third kappa shape index (κ3) is 2.50. The molecular weight excluding hydrogens is 257 g/mol. The van der Waals surface area contributed by atoms with Crippen molar-refractivity contribution in [2.45, 2.75) is 24.7 Å². The summed E-state index contributed by atoms with van der Waals surface area (Å²) in [5.41, 5.74) is 11.9. The Bertz CT molecular complexity index is 449. The summed E-state index contributed by atoms with van der Waals surface area (Å²) in [7, 11) is 0. The Morgan fingerprint density at radius 3 is 2.47 bits per heavy atom. The van der Waals surface area contributed by atoms with Gasteiger partial charge < -0.3 is 11.5 Å². The molecule has 17 heavy (non-hydrogen) atoms. The van der Waals surface area contributed by atoms with E-state index in [4.69, 9.17) is 34.7 Å². The van der Waals surface area contributed by atoms with Crippen LogP contribution in [0.25, 0.3) is 0 Å². The summed E-state index contributed by atoms with van der Waals surface area (Å²) in [6.07, 6.45) is 3.30. The Kier molecular flexibility index (Phi) is 3.50. The van der Waals surface area contributed by atoms with E-state index in [2.05, 4.69) is 4.99 Å². The molecule has 0 radical (unpaired) electrons. The molecule has 1 fully saturated rings. The van der Waals surface area contributed by atoms with Crippen LogP contribution in [0.1, 0.15) is 24.8 Å². The van der Waals surface area contributed by atoms with Crippen molar-refractivity contribution in [3.63, 3.8) is 0 Å². The minimum Gasteiger partial charge on any atom is -0.370 e. The lowest BCUT2D eigenvalue weighted by molar-refractivity contribution is 0.254. The number of aliphatic imine (C=N–C) groups is 1. The van der Waals surface area contributed by atoms with Gasteiger partial charge in [-0.3, -0.25) is 4.99 Å². The maximum atomic E-state index is 6.25. The van der Waals surface area contributed by atoms with E-state index in [0.717, 1.165) is 18.4 Å². The second-order valence-electron chi connectivity index (χ2n) is 4.50. The highest BCUT2D eigenvalue weighted by Gasteiger charge is 2.39. The minimum absolute atomic E-state index is 0.00827. The van der Waals surface area contributed by atoms with Gasteiger partial charge >= 0.3 is 0 Å². The molecule has 0 bridgehead atoms. The van der Waals surface area contributed by atoms with Gasteiger partial charge in [0.15, 0.2) is 5.96 Å². The molecule has 1 aromatic carbocycles. The van der Waals surface area contributed by atoms with Crippen LogP contribution in [0, 0.1) is 0 Å². The van der Waals surface area contributed by atoms with Gasteiger partial charge in [0.1, 0.15) is 0 Å². The summed E-state index contributed by atoms with van der Waals surface area (Å²) >= 11 is 12.2. The molecule has 1 aliphatic carbocycles. The lowest BCUT2D eigenvalue weighted by Gasteiger charge is -2.41. The summed E-state index contributed by atoms with van der Waals surface area (Å²) < 4.78 is 0. The second-order valence-corrected chi connectivity index (χ2v) is 5.34. The Morgan fingerprint density at radius 2 is 2.00 bits per heavy atom. The molecule has 0 spiro atoms. The van der Waals surface area contributed by atoms with Crippen molar-refractivity contribution >= 4 is 29.2 Å². The zero-order chi connectivity index (χ0) is 12.5. The predicted molar refractivity (Wildman–Crippen MR) is 72.7 cm³/mol. The van der Waals surface area contributed by atoms with Crippen molar-refractivity contribution in [3.8, 4) is 0 Å². The molecule has 4 N–H and O–H groups in total. The number of nitrogens with two attached hydrogens (primary N) is 2. The first-order chi connectivity index (χ1) is 8.03. The van der Waals surface area contributed by atoms with E-state index >= 15 is 0 Å². The summed E-state index contributed by atoms with van der Waals surface area (Å²) in [5, 5.41) is 1.35. The van der Waals surface area contributed by atoms with Gasteiger partial charge in [-0.05, 0) is 30.5 Å². The van der Waals surface area contributed by atoms with E-state index in [0.29, 0.717) is 16.6 Å². The van der Waals surface area contributed by atoms with E-state index in [9.17, 15) is 0 Å². The van der Waals surface area contributed by atoms with E-state index in [-0.39, 0.29) is 11.4 Å². The van der Waals surface area contributed by atoms with Gasteiger partial charge in [0, 0.05) is 15.5 Å². The average molecular weight is 272 g/mol. The molecule has 5 heteroatoms. The topological polar surface area (TPSA) is 64.4 Å². The predicted octanol–water partition coefficient (Wildman–Crippen LogP) is 2.69. The number of hydrogen-bond acceptors (Lipinski definition) is 1. The molecule has 0 heterocycles. The van der Waals surface area contributed by atoms with Crippen LogP contribution < -0.4 is 11.5 Å². The van der Waals surface area contributed by atoms with Crippen LogP contribution in [0.5, 0.6) is 0 Å². The van der Waals surface area contributed by atoms with Crippen LogP contribution in [0.3, 0.4) is 0 Å². The molecule has 3 nitrogen and oxygen atoms in total. The lowest BCUT2D eigenvalue weighted by atomic mass is 9.64. The third-order valence-electron chi connectivity index (χ3n) is 3.38. The Balaban J connectivity index is 2.31. The summed E-state index contributed by atoms with van der Waals surface area (Å²) in [5.74, 6) is 0.126. The van der Waals surface area contributed by atoms with Crippen LogP contribution in [0.2, 0.25) is 10.0 Å². The molecule has 92 valence electrons. The standard InChI is InChI=1S/C12H15Cl2N3/c13-8-2-3-9(10(14)6-8)12(4-1-5-12)7-17-11(15)16/h2-3,6H,1,4-5,7H2,(H4,15,16,17). The highest BCUT2D eigenvalue weighted by atomic mass is 35.5. The van der Waals surface area contributed by atoms with Crippen molar-refractivity contribution in [2.75, 3.05) is 6.54 Å². The van der Waals surface area contributed by atoms with Crippen LogP contribution in [-0.4, -0.2) is 12.5 Å². The Morgan fingerprint density at radius 1 is 1.29 bits per heavy atom. The molecule has 0 aromatic heterocycles. The molecule has 0 atom stereocenters. The SMILES string of the molecule is NC(N)=NCC1(c2ccc(Cl)cc2Cl)CCC1. The van der Waals surface area contributed by atoms with E-state index in [1.807, 2.05) is 12.1 Å². The molecule has 1 aromatic rings. The van der Waals surface area contributed by atoms with E-state index in [1.165, 1.54) is 6.42 Å². The van der Waals surface area contributed by atoms with Crippen molar-refractivity contribution in [1.82, 2.24) is 0 Å². The first kappa shape index (κ1) is 12.5. The largest absolute Gasteiger partial charge is 0.370 e. The first-order valence-electron chi connectivity index (χ1n) is 5.54. The fourth-order valence-electron chi connectivity index (χ4n) is 2.28. The molecule has 1 aliphatic rings. The smallest absolute Gasteiger partial charge is 0.185 e. The molecule has 0 amide bonds. The molecule has 0 saturated heterocycles. The van der Waals surface area contributed by atoms with Crippen molar-refractivity contribution < 1.29 is 0 Å². The average Bonchev–Trinajstić information content (AvgIpc) is 2.18. The normalized spacial score (nSPS) is 17.3. The first-order valence-corrected chi connectivity index (χ1v) is 6.30. The minimum atomic E-state index is -0.00827. The third-order valence-corrected chi connectivity index (χ3v) is 3.93. The number of hydrogen-bond donors (Lipinski definition) is 2. The quantitative estimate of drug-likeness (QED) is 0.656. The highest BCUT2D eigenvalue weighted by Crippen LogP contribution is 2.46. The van der Waals surface area contributed by atoms with Crippen LogP contribution >= 0.6 is 23.2 Å². The maximum Gasteiger partial charge on any atom is 0.185 e. The molecule has 2 rings (SSSR count). The Labute approximate surface area is 111 Å². The number of rotatable bonds is 3. The van der Waals surface area contributed by atoms with Gasteiger partial charge in [-0.2, -0.15) is 0 Å². The van der Waals surface area contributed by atoms with Crippen molar-refractivity contribution in [2.24, 2.45) is 16.5 Å². The van der Waals surface area contributed by atoms with Gasteiger partial charge in [0.2, 0.25) is 0 Å². The highest BCUT2D eigenvalue weighted by molar-refractivity contribution is 6.35. The van der Waals surface area contributed by atoms with Gasteiger partial charge in [0.25, 0.3) is 0 Å². The van der Waals surface area contributed by atoms with Gasteiger partial charge in [0.05, 0.1) is 6.54 Å². The fourth-order valence-corrected chi connectivity index (χ4v) is 2.89. The zero-order valence-electron chi connectivity index (χ0n) is 9.42. The zero-order valence-corrected chi connectivity index (χ0v) is 10.9. The molecule has 0 unspecified atom stereocenters. The molecular formula is C12H15Cl2N3. The fraction of sp³-hybridized carbons (Fsp3) is 0.417. The van der Waals surface area contributed by atoms with E-state index in [1.54, 1.807) is 6.07 Å². The Hall–Kier alpha value is -0.930. The van der Waals surface area contributed by atoms with Crippen molar-refractivity contribution in [3.05, 3.63) is 33.8 Å². The van der Waals surface area contributed by atoms with Gasteiger partial charge in [-0.25, -0.2) is 0 Å². The van der Waals surface area contributed by atoms with Gasteiger partial charge in [-0.15, -0.1) is 0 Å². The number of nitrogens with zero attached hydrogens (tertiary/aromatic N) is 1. The van der Waals surface area contributed by atoms with Crippen molar-refractivity contribution in [1.29, 1.82) is 0 Å².